The van der Waals surface area contributed by atoms with Crippen molar-refractivity contribution in [3.63, 3.8) is 0 Å². The number of amides is 1. The number of hydrogen-bond acceptors (Lipinski definition) is 6. The Bertz CT molecular complexity index is 982. The average Bonchev–Trinajstić information content (AvgIpc) is 3.43. The summed E-state index contributed by atoms with van der Waals surface area (Å²) in [6.07, 6.45) is 4.23. The fourth-order valence-corrected chi connectivity index (χ4v) is 3.93. The van der Waals surface area contributed by atoms with Crippen molar-refractivity contribution in [3.8, 4) is 5.75 Å². The number of carbonyl (C=O) groups excluding carboxylic acids is 1. The van der Waals surface area contributed by atoms with Crippen molar-refractivity contribution in [1.29, 1.82) is 0 Å². The normalized spacial score (nSPS) is 13.5. The number of nitrogens with one attached hydrogen (secondary N) is 1. The van der Waals surface area contributed by atoms with Gasteiger partial charge in [0, 0.05) is 36.8 Å². The zero-order valence-corrected chi connectivity index (χ0v) is 17.2. The summed E-state index contributed by atoms with van der Waals surface area (Å²) in [5.74, 6) is 1.52. The van der Waals surface area contributed by atoms with E-state index in [0.717, 1.165) is 35.2 Å². The standard InChI is InChI=1S/C22H24N4O2S/c1-16-25-19(15-29-16)14-28-20-6-4-5-18(12-20)22(27)24-13-17-7-8-23-21(11-17)26-9-2-3-10-26/h4-8,11-12,15H,2-3,9-10,13-14H2,1H3,(H,24,27). The molecule has 3 aromatic rings. The molecule has 0 atom stereocenters. The molecule has 0 radical (unpaired) electrons. The second-order valence-electron chi connectivity index (χ2n) is 7.07. The summed E-state index contributed by atoms with van der Waals surface area (Å²) in [7, 11) is 0. The van der Waals surface area contributed by atoms with Crippen LogP contribution >= 0.6 is 11.3 Å². The van der Waals surface area contributed by atoms with Crippen molar-refractivity contribution in [3.05, 3.63) is 69.8 Å². The first-order chi connectivity index (χ1) is 14.2. The lowest BCUT2D eigenvalue weighted by Crippen LogP contribution is -2.23. The van der Waals surface area contributed by atoms with E-state index in [1.54, 1.807) is 23.5 Å². The third-order valence-electron chi connectivity index (χ3n) is 4.84. The predicted octanol–water partition coefficient (Wildman–Crippen LogP) is 3.96. The summed E-state index contributed by atoms with van der Waals surface area (Å²) in [6, 6.07) is 11.2. The summed E-state index contributed by atoms with van der Waals surface area (Å²) in [5, 5.41) is 5.98. The third-order valence-corrected chi connectivity index (χ3v) is 5.66. The van der Waals surface area contributed by atoms with Gasteiger partial charge in [0.15, 0.2) is 0 Å². The highest BCUT2D eigenvalue weighted by atomic mass is 32.1. The highest BCUT2D eigenvalue weighted by Gasteiger charge is 2.14. The fraction of sp³-hybridized carbons (Fsp3) is 0.318. The highest BCUT2D eigenvalue weighted by molar-refractivity contribution is 7.09. The van der Waals surface area contributed by atoms with E-state index < -0.39 is 0 Å². The summed E-state index contributed by atoms with van der Waals surface area (Å²) < 4.78 is 5.78. The molecule has 1 aliphatic heterocycles. The van der Waals surface area contributed by atoms with E-state index in [-0.39, 0.29) is 5.91 Å². The van der Waals surface area contributed by atoms with Gasteiger partial charge in [0.1, 0.15) is 18.2 Å². The number of aryl methyl sites for hydroxylation is 1. The second-order valence-corrected chi connectivity index (χ2v) is 8.14. The van der Waals surface area contributed by atoms with Crippen molar-refractivity contribution in [2.24, 2.45) is 0 Å². The average molecular weight is 409 g/mol. The predicted molar refractivity (Wildman–Crippen MR) is 114 cm³/mol. The van der Waals surface area contributed by atoms with Gasteiger partial charge in [0.05, 0.1) is 10.7 Å². The number of hydrogen-bond donors (Lipinski definition) is 1. The van der Waals surface area contributed by atoms with Crippen LogP contribution in [0.3, 0.4) is 0 Å². The molecule has 1 amide bonds. The molecule has 2 aromatic heterocycles. The Morgan fingerprint density at radius 2 is 2.10 bits per heavy atom. The number of aromatic nitrogens is 2. The zero-order valence-electron chi connectivity index (χ0n) is 16.4. The molecule has 0 spiro atoms. The van der Waals surface area contributed by atoms with E-state index >= 15 is 0 Å². The molecule has 1 saturated heterocycles. The quantitative estimate of drug-likeness (QED) is 0.641. The molecule has 3 heterocycles. The Morgan fingerprint density at radius 1 is 1.24 bits per heavy atom. The van der Waals surface area contributed by atoms with Crippen molar-refractivity contribution in [2.75, 3.05) is 18.0 Å². The number of anilines is 1. The van der Waals surface area contributed by atoms with E-state index in [1.165, 1.54) is 12.8 Å². The van der Waals surface area contributed by atoms with Gasteiger partial charge in [-0.2, -0.15) is 0 Å². The van der Waals surface area contributed by atoms with Gasteiger partial charge < -0.3 is 15.0 Å². The third kappa shape index (κ3) is 5.12. The van der Waals surface area contributed by atoms with Gasteiger partial charge in [-0.05, 0) is 55.7 Å². The fourth-order valence-electron chi connectivity index (χ4n) is 3.33. The van der Waals surface area contributed by atoms with Crippen molar-refractivity contribution in [2.45, 2.75) is 32.9 Å². The van der Waals surface area contributed by atoms with Gasteiger partial charge in [0.2, 0.25) is 0 Å². The number of carbonyl (C=O) groups is 1. The molecule has 6 nitrogen and oxygen atoms in total. The maximum Gasteiger partial charge on any atom is 0.251 e. The zero-order chi connectivity index (χ0) is 20.1. The van der Waals surface area contributed by atoms with Gasteiger partial charge in [-0.25, -0.2) is 9.97 Å². The van der Waals surface area contributed by atoms with Crippen LogP contribution in [0.4, 0.5) is 5.82 Å². The molecule has 1 fully saturated rings. The second kappa shape index (κ2) is 9.05. The van der Waals surface area contributed by atoms with Crippen molar-refractivity contribution in [1.82, 2.24) is 15.3 Å². The number of nitrogens with zero attached hydrogens (tertiary/aromatic N) is 3. The van der Waals surface area contributed by atoms with E-state index in [4.69, 9.17) is 4.74 Å². The molecule has 29 heavy (non-hydrogen) atoms. The maximum atomic E-state index is 12.6. The van der Waals surface area contributed by atoms with Crippen molar-refractivity contribution >= 4 is 23.1 Å². The summed E-state index contributed by atoms with van der Waals surface area (Å²) in [5.41, 5.74) is 2.51. The Hall–Kier alpha value is -2.93. The molecule has 0 aliphatic carbocycles. The lowest BCUT2D eigenvalue weighted by molar-refractivity contribution is 0.0950. The lowest BCUT2D eigenvalue weighted by atomic mass is 10.2. The summed E-state index contributed by atoms with van der Waals surface area (Å²) in [4.78, 5) is 23.7. The van der Waals surface area contributed by atoms with Crippen LogP contribution in [-0.4, -0.2) is 29.0 Å². The maximum absolute atomic E-state index is 12.6. The van der Waals surface area contributed by atoms with E-state index in [2.05, 4.69) is 26.3 Å². The number of benzene rings is 1. The van der Waals surface area contributed by atoms with Crippen LogP contribution < -0.4 is 15.0 Å². The molecule has 0 bridgehead atoms. The van der Waals surface area contributed by atoms with Crippen LogP contribution in [0.1, 0.15) is 39.5 Å². The molecule has 150 valence electrons. The lowest BCUT2D eigenvalue weighted by Gasteiger charge is -2.17. The molecule has 1 aliphatic rings. The van der Waals surface area contributed by atoms with Gasteiger partial charge >= 0.3 is 0 Å². The minimum Gasteiger partial charge on any atom is -0.487 e. The SMILES string of the molecule is Cc1nc(COc2cccc(C(=O)NCc3ccnc(N4CCCC4)c3)c2)cs1. The van der Waals surface area contributed by atoms with Gasteiger partial charge in [-0.1, -0.05) is 6.07 Å². The number of thiazole rings is 1. The smallest absolute Gasteiger partial charge is 0.251 e. The van der Waals surface area contributed by atoms with Crippen molar-refractivity contribution < 1.29 is 9.53 Å². The first kappa shape index (κ1) is 19.4. The first-order valence-corrected chi connectivity index (χ1v) is 10.7. The van der Waals surface area contributed by atoms with Crippen LogP contribution in [0.15, 0.2) is 48.0 Å². The largest absolute Gasteiger partial charge is 0.487 e. The van der Waals surface area contributed by atoms with Gasteiger partial charge in [0.25, 0.3) is 5.91 Å². The molecule has 1 aromatic carbocycles. The minimum absolute atomic E-state index is 0.125. The van der Waals surface area contributed by atoms with E-state index in [0.29, 0.717) is 24.5 Å². The molecule has 0 saturated carbocycles. The number of rotatable bonds is 7. The highest BCUT2D eigenvalue weighted by Crippen LogP contribution is 2.19. The van der Waals surface area contributed by atoms with E-state index in [1.807, 2.05) is 36.7 Å². The van der Waals surface area contributed by atoms with Crippen LogP contribution in [0, 0.1) is 6.92 Å². The first-order valence-electron chi connectivity index (χ1n) is 9.79. The van der Waals surface area contributed by atoms with Crippen LogP contribution in [0.5, 0.6) is 5.75 Å². The Kier molecular flexibility index (Phi) is 6.05. The minimum atomic E-state index is -0.125. The number of ether oxygens (including phenoxy) is 1. The summed E-state index contributed by atoms with van der Waals surface area (Å²) >= 11 is 1.60. The van der Waals surface area contributed by atoms with Crippen LogP contribution in [0.25, 0.3) is 0 Å². The van der Waals surface area contributed by atoms with Gasteiger partial charge in [-0.15, -0.1) is 11.3 Å². The Balaban J connectivity index is 1.34. The molecule has 4 rings (SSSR count). The van der Waals surface area contributed by atoms with Crippen LogP contribution in [-0.2, 0) is 13.2 Å². The molecular formula is C22H24N4O2S. The Morgan fingerprint density at radius 3 is 2.90 bits per heavy atom. The molecule has 0 unspecified atom stereocenters. The van der Waals surface area contributed by atoms with E-state index in [9.17, 15) is 4.79 Å². The number of pyridine rings is 1. The Labute approximate surface area is 174 Å². The monoisotopic (exact) mass is 408 g/mol. The summed E-state index contributed by atoms with van der Waals surface area (Å²) in [6.45, 7) is 4.93. The molecule has 1 N–H and O–H groups in total. The van der Waals surface area contributed by atoms with Gasteiger partial charge in [-0.3, -0.25) is 4.79 Å². The van der Waals surface area contributed by atoms with Crippen LogP contribution in [0.2, 0.25) is 0 Å². The molecular weight excluding hydrogens is 384 g/mol. The molecule has 7 heteroatoms. The topological polar surface area (TPSA) is 67.3 Å².